The van der Waals surface area contributed by atoms with E-state index >= 15 is 0 Å². The van der Waals surface area contributed by atoms with Crippen LogP contribution in [0.2, 0.25) is 0 Å². The minimum Gasteiger partial charge on any atom is -0.143 e. The lowest BCUT2D eigenvalue weighted by Gasteiger charge is -2.24. The van der Waals surface area contributed by atoms with Crippen LogP contribution in [-0.4, -0.2) is 0 Å². The van der Waals surface area contributed by atoms with E-state index in [4.69, 9.17) is 0 Å². The summed E-state index contributed by atoms with van der Waals surface area (Å²) in [6, 6.07) is 2.21. The molecule has 1 heterocycles. The van der Waals surface area contributed by atoms with Crippen molar-refractivity contribution in [3.05, 3.63) is 20.3 Å². The molecule has 0 bridgehead atoms. The van der Waals surface area contributed by atoms with Crippen molar-refractivity contribution in [1.82, 2.24) is 0 Å². The third kappa shape index (κ3) is 2.80. The summed E-state index contributed by atoms with van der Waals surface area (Å²) in [5.41, 5.74) is 0.275. The quantitative estimate of drug-likeness (QED) is 0.614. The molecule has 0 saturated heterocycles. The highest BCUT2D eigenvalue weighted by molar-refractivity contribution is 9.10. The number of thiophene rings is 1. The van der Waals surface area contributed by atoms with Crippen molar-refractivity contribution < 1.29 is 0 Å². The van der Waals surface area contributed by atoms with Crippen LogP contribution in [0.3, 0.4) is 0 Å². The number of hydrogen-bond donors (Lipinski definition) is 0. The van der Waals surface area contributed by atoms with Gasteiger partial charge in [-0.1, -0.05) is 36.7 Å². The fourth-order valence-corrected chi connectivity index (χ4v) is 3.23. The van der Waals surface area contributed by atoms with Gasteiger partial charge in [-0.2, -0.15) is 0 Å². The van der Waals surface area contributed by atoms with Crippen molar-refractivity contribution in [2.45, 2.75) is 32.5 Å². The summed E-state index contributed by atoms with van der Waals surface area (Å²) in [6.45, 7) is 8.88. The van der Waals surface area contributed by atoms with E-state index in [1.54, 1.807) is 0 Å². The van der Waals surface area contributed by atoms with Gasteiger partial charge in [0, 0.05) is 14.2 Å². The van der Waals surface area contributed by atoms with Crippen LogP contribution in [0.5, 0.6) is 0 Å². The Bertz CT molecular complexity index is 277. The monoisotopic (exact) mass is 324 g/mol. The molecule has 0 radical (unpaired) electrons. The minimum atomic E-state index is 0.275. The first-order valence-corrected chi connectivity index (χ1v) is 6.75. The van der Waals surface area contributed by atoms with Gasteiger partial charge in [0.25, 0.3) is 0 Å². The summed E-state index contributed by atoms with van der Waals surface area (Å²) in [5, 5.41) is 0. The topological polar surface area (TPSA) is 0 Å². The summed E-state index contributed by atoms with van der Waals surface area (Å²) < 4.78 is 1.22. The molecule has 3 heteroatoms. The Balaban J connectivity index is 2.96. The van der Waals surface area contributed by atoms with Gasteiger partial charge in [-0.3, -0.25) is 0 Å². The van der Waals surface area contributed by atoms with E-state index in [2.05, 4.69) is 65.6 Å². The minimum absolute atomic E-state index is 0.275. The van der Waals surface area contributed by atoms with E-state index in [1.807, 2.05) is 11.3 Å². The summed E-state index contributed by atoms with van der Waals surface area (Å²) in [7, 11) is 0. The molecule has 74 valence electrons. The first kappa shape index (κ1) is 11.7. The standard InChI is InChI=1S/C10H14Br2S/c1-6-7(11)5-8(13-6)9(12)10(2,3)4/h5,9H,1-4H3. The molecule has 13 heavy (non-hydrogen) atoms. The Kier molecular flexibility index (Phi) is 3.64. The first-order valence-electron chi connectivity index (χ1n) is 4.22. The summed E-state index contributed by atoms with van der Waals surface area (Å²) in [5.74, 6) is 0. The van der Waals surface area contributed by atoms with Crippen molar-refractivity contribution >= 4 is 43.2 Å². The average Bonchev–Trinajstić information content (AvgIpc) is 2.29. The molecule has 1 aromatic rings. The zero-order valence-corrected chi connectivity index (χ0v) is 12.3. The molecule has 0 N–H and O–H groups in total. The number of hydrogen-bond acceptors (Lipinski definition) is 1. The highest BCUT2D eigenvalue weighted by atomic mass is 79.9. The molecule has 1 atom stereocenters. The maximum atomic E-state index is 3.74. The average molecular weight is 326 g/mol. The van der Waals surface area contributed by atoms with Crippen LogP contribution < -0.4 is 0 Å². The maximum absolute atomic E-state index is 3.74. The van der Waals surface area contributed by atoms with Crippen LogP contribution >= 0.6 is 43.2 Å². The van der Waals surface area contributed by atoms with Crippen LogP contribution in [0.25, 0.3) is 0 Å². The normalized spacial score (nSPS) is 14.6. The summed E-state index contributed by atoms with van der Waals surface area (Å²) in [6.07, 6.45) is 0. The van der Waals surface area contributed by atoms with Crippen molar-refractivity contribution in [3.8, 4) is 0 Å². The van der Waals surface area contributed by atoms with Gasteiger partial charge in [0.2, 0.25) is 0 Å². The van der Waals surface area contributed by atoms with Gasteiger partial charge in [-0.15, -0.1) is 11.3 Å². The van der Waals surface area contributed by atoms with Gasteiger partial charge < -0.3 is 0 Å². The number of alkyl halides is 1. The van der Waals surface area contributed by atoms with Crippen LogP contribution in [0.1, 0.15) is 35.4 Å². The lowest BCUT2D eigenvalue weighted by Crippen LogP contribution is -2.11. The van der Waals surface area contributed by atoms with E-state index in [0.717, 1.165) is 0 Å². The van der Waals surface area contributed by atoms with Crippen molar-refractivity contribution in [1.29, 1.82) is 0 Å². The molecular weight excluding hydrogens is 312 g/mol. The molecule has 0 aliphatic heterocycles. The number of halogens is 2. The van der Waals surface area contributed by atoms with E-state index in [-0.39, 0.29) is 5.41 Å². The zero-order chi connectivity index (χ0) is 10.2. The zero-order valence-electron chi connectivity index (χ0n) is 8.32. The largest absolute Gasteiger partial charge is 0.143 e. The van der Waals surface area contributed by atoms with Crippen LogP contribution in [0.4, 0.5) is 0 Å². The third-order valence-corrected chi connectivity index (χ3v) is 6.26. The summed E-state index contributed by atoms with van der Waals surface area (Å²) in [4.78, 5) is 3.19. The van der Waals surface area contributed by atoms with Gasteiger partial charge in [0.05, 0.1) is 4.83 Å². The lowest BCUT2D eigenvalue weighted by atomic mass is 9.91. The molecule has 0 amide bonds. The summed E-state index contributed by atoms with van der Waals surface area (Å²) >= 11 is 9.14. The molecule has 0 fully saturated rings. The van der Waals surface area contributed by atoms with Crippen LogP contribution in [-0.2, 0) is 0 Å². The van der Waals surface area contributed by atoms with Crippen molar-refractivity contribution in [2.24, 2.45) is 5.41 Å². The van der Waals surface area contributed by atoms with E-state index in [0.29, 0.717) is 4.83 Å². The molecule has 1 aromatic heterocycles. The highest BCUT2D eigenvalue weighted by Crippen LogP contribution is 2.44. The molecule has 0 aromatic carbocycles. The second-order valence-electron chi connectivity index (χ2n) is 4.28. The van der Waals surface area contributed by atoms with Crippen LogP contribution in [0.15, 0.2) is 10.5 Å². The fraction of sp³-hybridized carbons (Fsp3) is 0.600. The third-order valence-electron chi connectivity index (χ3n) is 1.89. The Morgan fingerprint density at radius 3 is 2.23 bits per heavy atom. The highest BCUT2D eigenvalue weighted by Gasteiger charge is 2.25. The molecule has 0 aliphatic carbocycles. The molecule has 0 saturated carbocycles. The number of rotatable bonds is 1. The Hall–Kier alpha value is 0.660. The van der Waals surface area contributed by atoms with Gasteiger partial charge in [0.1, 0.15) is 0 Å². The smallest absolute Gasteiger partial charge is 0.0537 e. The molecule has 0 aliphatic rings. The van der Waals surface area contributed by atoms with E-state index in [9.17, 15) is 0 Å². The second-order valence-corrected chi connectivity index (χ2v) is 7.34. The fourth-order valence-electron chi connectivity index (χ4n) is 1.03. The molecule has 1 rings (SSSR count). The Morgan fingerprint density at radius 1 is 1.38 bits per heavy atom. The van der Waals surface area contributed by atoms with E-state index in [1.165, 1.54) is 14.2 Å². The first-order chi connectivity index (χ1) is 5.82. The van der Waals surface area contributed by atoms with Gasteiger partial charge in [-0.25, -0.2) is 0 Å². The van der Waals surface area contributed by atoms with Gasteiger partial charge in [0.15, 0.2) is 0 Å². The van der Waals surface area contributed by atoms with E-state index < -0.39 is 0 Å². The Morgan fingerprint density at radius 2 is 1.92 bits per heavy atom. The number of aryl methyl sites for hydroxylation is 1. The van der Waals surface area contributed by atoms with Gasteiger partial charge in [-0.05, 0) is 34.3 Å². The molecule has 0 spiro atoms. The van der Waals surface area contributed by atoms with Gasteiger partial charge >= 0.3 is 0 Å². The second kappa shape index (κ2) is 4.03. The molecular formula is C10H14Br2S. The lowest BCUT2D eigenvalue weighted by molar-refractivity contribution is 0.410. The predicted octanol–water partition coefficient (Wildman–Crippen LogP) is 5.30. The predicted molar refractivity (Wildman–Crippen MR) is 67.9 cm³/mol. The maximum Gasteiger partial charge on any atom is 0.0537 e. The SMILES string of the molecule is Cc1sc(C(Br)C(C)(C)C)cc1Br. The molecule has 0 nitrogen and oxygen atoms in total. The van der Waals surface area contributed by atoms with Crippen LogP contribution in [0, 0.1) is 12.3 Å². The Labute approximate surface area is 101 Å². The van der Waals surface area contributed by atoms with Crippen molar-refractivity contribution in [2.75, 3.05) is 0 Å². The van der Waals surface area contributed by atoms with Crippen molar-refractivity contribution in [3.63, 3.8) is 0 Å². The molecule has 1 unspecified atom stereocenters.